The third-order valence-corrected chi connectivity index (χ3v) is 3.66. The predicted octanol–water partition coefficient (Wildman–Crippen LogP) is 2.15. The zero-order chi connectivity index (χ0) is 14.8. The van der Waals surface area contributed by atoms with E-state index in [-0.39, 0.29) is 0 Å². The number of nitrogens with one attached hydrogen (secondary N) is 1. The van der Waals surface area contributed by atoms with E-state index >= 15 is 0 Å². The van der Waals surface area contributed by atoms with Gasteiger partial charge >= 0.3 is 0 Å². The molecule has 1 atom stereocenters. The summed E-state index contributed by atoms with van der Waals surface area (Å²) in [5.41, 5.74) is 6.27. The molecule has 0 bridgehead atoms. The van der Waals surface area contributed by atoms with Crippen molar-refractivity contribution >= 4 is 0 Å². The number of aromatic nitrogens is 1. The number of aliphatic hydroxyl groups excluding tert-OH is 1. The molecule has 1 unspecified atom stereocenters. The largest absolute Gasteiger partial charge is 0.486 e. The van der Waals surface area contributed by atoms with Crippen molar-refractivity contribution in [1.29, 1.82) is 0 Å². The Balaban J connectivity index is 1.69. The maximum atomic E-state index is 10.3. The molecule has 0 amide bonds. The van der Waals surface area contributed by atoms with Crippen LogP contribution in [0.3, 0.4) is 0 Å². The van der Waals surface area contributed by atoms with E-state index in [1.165, 1.54) is 0 Å². The van der Waals surface area contributed by atoms with Crippen molar-refractivity contribution in [2.75, 3.05) is 25.2 Å². The van der Waals surface area contributed by atoms with Gasteiger partial charge < -0.3 is 20.0 Å². The van der Waals surface area contributed by atoms with Crippen molar-refractivity contribution in [1.82, 2.24) is 4.68 Å². The number of benzene rings is 1. The maximum Gasteiger partial charge on any atom is 0.161 e. The van der Waals surface area contributed by atoms with Gasteiger partial charge in [0, 0.05) is 11.4 Å². The molecule has 0 saturated carbocycles. The lowest BCUT2D eigenvalue weighted by Crippen LogP contribution is -2.23. The third-order valence-electron chi connectivity index (χ3n) is 3.66. The van der Waals surface area contributed by atoms with Gasteiger partial charge in [-0.3, -0.25) is 4.68 Å². The van der Waals surface area contributed by atoms with Crippen LogP contribution in [0, 0.1) is 13.8 Å². The average molecular weight is 288 g/mol. The Morgan fingerprint density at radius 1 is 1.10 bits per heavy atom. The number of hydrogen-bond acceptors (Lipinski definition) is 4. The van der Waals surface area contributed by atoms with Gasteiger partial charge in [-0.15, -0.1) is 0 Å². The first-order chi connectivity index (χ1) is 10.1. The molecule has 112 valence electrons. The fourth-order valence-electron chi connectivity index (χ4n) is 2.48. The molecular weight excluding hydrogens is 268 g/mol. The zero-order valence-electron chi connectivity index (χ0n) is 12.3. The van der Waals surface area contributed by atoms with Crippen LogP contribution in [-0.2, 0) is 0 Å². The summed E-state index contributed by atoms with van der Waals surface area (Å²) in [4.78, 5) is 0. The van der Waals surface area contributed by atoms with Crippen molar-refractivity contribution in [3.05, 3.63) is 47.3 Å². The Kier molecular flexibility index (Phi) is 3.75. The number of fused-ring (bicyclic) bond motifs is 1. The van der Waals surface area contributed by atoms with Gasteiger partial charge in [0.05, 0.1) is 12.6 Å². The van der Waals surface area contributed by atoms with Gasteiger partial charge in [0.1, 0.15) is 13.2 Å². The van der Waals surface area contributed by atoms with E-state index in [4.69, 9.17) is 9.47 Å². The molecule has 1 aliphatic rings. The van der Waals surface area contributed by atoms with Crippen LogP contribution in [-0.4, -0.2) is 29.5 Å². The van der Waals surface area contributed by atoms with Crippen LogP contribution < -0.4 is 14.9 Å². The lowest BCUT2D eigenvalue weighted by Gasteiger charge is -2.21. The summed E-state index contributed by atoms with van der Waals surface area (Å²) in [7, 11) is 0. The molecule has 2 aromatic rings. The lowest BCUT2D eigenvalue weighted by atomic mass is 10.1. The molecule has 2 N–H and O–H groups in total. The Hall–Kier alpha value is -2.14. The van der Waals surface area contributed by atoms with E-state index < -0.39 is 6.10 Å². The van der Waals surface area contributed by atoms with Gasteiger partial charge in [-0.25, -0.2) is 0 Å². The predicted molar refractivity (Wildman–Crippen MR) is 80.5 cm³/mol. The van der Waals surface area contributed by atoms with Crippen molar-refractivity contribution in [2.45, 2.75) is 20.0 Å². The minimum atomic E-state index is -0.609. The molecule has 0 fully saturated rings. The standard InChI is InChI=1S/C16H20N2O3/c1-11-3-4-12(2)18(11)17-10-14(19)13-5-6-15-16(9-13)21-8-7-20-15/h3-6,9,14,17,19H,7-8,10H2,1-2H3. The van der Waals surface area contributed by atoms with Gasteiger partial charge in [0.25, 0.3) is 0 Å². The molecule has 0 aliphatic carbocycles. The molecule has 1 aromatic carbocycles. The molecule has 0 spiro atoms. The summed E-state index contributed by atoms with van der Waals surface area (Å²) in [6.45, 7) is 5.60. The quantitative estimate of drug-likeness (QED) is 0.905. The molecule has 2 heterocycles. The molecule has 5 heteroatoms. The first kappa shape index (κ1) is 13.8. The van der Waals surface area contributed by atoms with Crippen LogP contribution in [0.4, 0.5) is 0 Å². The SMILES string of the molecule is Cc1ccc(C)n1NCC(O)c1ccc2c(c1)OCCO2. The van der Waals surface area contributed by atoms with Crippen LogP contribution in [0.25, 0.3) is 0 Å². The summed E-state index contributed by atoms with van der Waals surface area (Å²) >= 11 is 0. The molecule has 0 saturated heterocycles. The van der Waals surface area contributed by atoms with Crippen LogP contribution in [0.1, 0.15) is 23.1 Å². The first-order valence-electron chi connectivity index (χ1n) is 7.11. The summed E-state index contributed by atoms with van der Waals surface area (Å²) in [5, 5.41) is 10.3. The van der Waals surface area contributed by atoms with E-state index in [0.29, 0.717) is 25.5 Å². The van der Waals surface area contributed by atoms with Crippen LogP contribution >= 0.6 is 0 Å². The Bertz CT molecular complexity index is 617. The highest BCUT2D eigenvalue weighted by molar-refractivity contribution is 5.44. The summed E-state index contributed by atoms with van der Waals surface area (Å²) in [5.74, 6) is 1.44. The molecule has 21 heavy (non-hydrogen) atoms. The number of rotatable bonds is 4. The van der Waals surface area contributed by atoms with Crippen LogP contribution in [0.15, 0.2) is 30.3 Å². The lowest BCUT2D eigenvalue weighted by molar-refractivity contribution is 0.167. The number of aliphatic hydroxyl groups is 1. The topological polar surface area (TPSA) is 55.7 Å². The molecule has 0 radical (unpaired) electrons. The van der Waals surface area contributed by atoms with E-state index in [0.717, 1.165) is 22.7 Å². The molecule has 3 rings (SSSR count). The normalized spacial score (nSPS) is 14.8. The smallest absolute Gasteiger partial charge is 0.161 e. The molecule has 1 aliphatic heterocycles. The Morgan fingerprint density at radius 3 is 2.48 bits per heavy atom. The van der Waals surface area contributed by atoms with Gasteiger partial charge in [0.15, 0.2) is 11.5 Å². The van der Waals surface area contributed by atoms with Crippen molar-refractivity contribution in [3.8, 4) is 11.5 Å². The average Bonchev–Trinajstić information content (AvgIpc) is 2.83. The molecule has 5 nitrogen and oxygen atoms in total. The second kappa shape index (κ2) is 5.69. The Labute approximate surface area is 124 Å². The zero-order valence-corrected chi connectivity index (χ0v) is 12.3. The van der Waals surface area contributed by atoms with Gasteiger partial charge in [0.2, 0.25) is 0 Å². The summed E-state index contributed by atoms with van der Waals surface area (Å²) < 4.78 is 13.0. The molecule has 1 aromatic heterocycles. The van der Waals surface area contributed by atoms with Crippen LogP contribution in [0.2, 0.25) is 0 Å². The fraction of sp³-hybridized carbons (Fsp3) is 0.375. The Morgan fingerprint density at radius 2 is 1.76 bits per heavy atom. The number of hydrogen-bond donors (Lipinski definition) is 2. The highest BCUT2D eigenvalue weighted by atomic mass is 16.6. The van der Waals surface area contributed by atoms with Gasteiger partial charge in [-0.1, -0.05) is 6.07 Å². The van der Waals surface area contributed by atoms with Crippen molar-refractivity contribution < 1.29 is 14.6 Å². The second-order valence-corrected chi connectivity index (χ2v) is 5.23. The number of ether oxygens (including phenoxy) is 2. The van der Waals surface area contributed by atoms with E-state index in [2.05, 4.69) is 5.43 Å². The third kappa shape index (κ3) is 2.83. The van der Waals surface area contributed by atoms with Crippen molar-refractivity contribution in [3.63, 3.8) is 0 Å². The summed E-state index contributed by atoms with van der Waals surface area (Å²) in [6.07, 6.45) is -0.609. The molecular formula is C16H20N2O3. The summed E-state index contributed by atoms with van der Waals surface area (Å²) in [6, 6.07) is 9.64. The first-order valence-corrected chi connectivity index (χ1v) is 7.11. The number of nitrogens with zero attached hydrogens (tertiary/aromatic N) is 1. The monoisotopic (exact) mass is 288 g/mol. The minimum absolute atomic E-state index is 0.427. The van der Waals surface area contributed by atoms with Gasteiger partial charge in [-0.05, 0) is 43.7 Å². The van der Waals surface area contributed by atoms with E-state index in [9.17, 15) is 5.11 Å². The van der Waals surface area contributed by atoms with Gasteiger partial charge in [-0.2, -0.15) is 0 Å². The highest BCUT2D eigenvalue weighted by Crippen LogP contribution is 2.32. The van der Waals surface area contributed by atoms with Crippen LogP contribution in [0.5, 0.6) is 11.5 Å². The maximum absolute atomic E-state index is 10.3. The minimum Gasteiger partial charge on any atom is -0.486 e. The van der Waals surface area contributed by atoms with E-state index in [1.54, 1.807) is 0 Å². The second-order valence-electron chi connectivity index (χ2n) is 5.23. The van der Waals surface area contributed by atoms with Crippen molar-refractivity contribution in [2.24, 2.45) is 0 Å². The number of aryl methyl sites for hydroxylation is 2. The van der Waals surface area contributed by atoms with E-state index in [1.807, 2.05) is 48.9 Å². The highest BCUT2D eigenvalue weighted by Gasteiger charge is 2.15. The fourth-order valence-corrected chi connectivity index (χ4v) is 2.48.